The fraction of sp³-hybridized carbons (Fsp3) is 0.911. The number of hydrogen-bond donors (Lipinski definition) is 4. The topological polar surface area (TPSA) is 198 Å². The molecule has 1 fully saturated rings. The average Bonchev–Trinajstić information content (AvgIpc) is 3.15. The number of nitrogens with one attached hydrogen (secondary N) is 1. The highest BCUT2D eigenvalue weighted by Crippen LogP contribution is 2.24. The van der Waals surface area contributed by atoms with E-state index in [-0.39, 0.29) is 24.0 Å². The van der Waals surface area contributed by atoms with Gasteiger partial charge in [0.2, 0.25) is 5.91 Å². The van der Waals surface area contributed by atoms with Crippen LogP contribution in [0.25, 0.3) is 0 Å². The molecule has 2 amide bonds. The number of nitrogens with two attached hydrogens (primary N) is 1. The molecule has 0 aliphatic carbocycles. The number of carboxylic acids is 2. The lowest BCUT2D eigenvalue weighted by atomic mass is 9.89. The molecule has 14 nitrogen and oxygen atoms in total. The first-order valence-electron chi connectivity index (χ1n) is 26.0. The Morgan fingerprint density at radius 1 is 0.557 bits per heavy atom. The summed E-state index contributed by atoms with van der Waals surface area (Å²) in [5, 5.41) is 19.9. The number of ether oxygens (including phenoxy) is 3. The number of methoxy groups -OCH3 is 2. The van der Waals surface area contributed by atoms with Crippen molar-refractivity contribution >= 4 is 29.7 Å². The number of amides is 2. The van der Waals surface area contributed by atoms with Crippen LogP contribution in [0.2, 0.25) is 0 Å². The Morgan fingerprint density at radius 2 is 0.957 bits per heavy atom. The average molecular weight is 1010 g/mol. The molecule has 0 aromatic heterocycles. The van der Waals surface area contributed by atoms with Crippen molar-refractivity contribution in [1.29, 1.82) is 0 Å². The van der Waals surface area contributed by atoms with Crippen molar-refractivity contribution in [3.8, 4) is 0 Å². The van der Waals surface area contributed by atoms with Crippen molar-refractivity contribution in [2.24, 2.45) is 38.2 Å². The Labute approximate surface area is 431 Å². The maximum absolute atomic E-state index is 11.8. The van der Waals surface area contributed by atoms with E-state index in [4.69, 9.17) is 30.2 Å². The summed E-state index contributed by atoms with van der Waals surface area (Å²) in [6, 6.07) is -1.58. The van der Waals surface area contributed by atoms with Crippen molar-refractivity contribution < 1.29 is 48.4 Å². The molecule has 1 aliphatic rings. The third kappa shape index (κ3) is 71.7. The van der Waals surface area contributed by atoms with E-state index in [1.54, 1.807) is 14.0 Å². The number of unbranched alkanes of at least 4 members (excludes halogenated alkanes) is 2. The highest BCUT2D eigenvalue weighted by molar-refractivity contribution is 5.80. The molecule has 1 heterocycles. The number of carbonyl (C=O) groups excluding carboxylic acids is 3. The maximum atomic E-state index is 11.8. The van der Waals surface area contributed by atoms with Crippen molar-refractivity contribution in [2.45, 2.75) is 234 Å². The van der Waals surface area contributed by atoms with Gasteiger partial charge in [-0.05, 0) is 91.4 Å². The van der Waals surface area contributed by atoms with Gasteiger partial charge in [-0.25, -0.2) is 9.59 Å². The standard InChI is InChI=1S/C14H27NO5.C11H22N2O.C10H21NO2.C9H18O.C7H16O.C5H12/c1-14(2,3)8-6-5-7-11(12(16)17)15-13(18)20-10-9-19-4;1-11(2,3)9-10(14)13-7-5-12(4)6-8-13;1-10(2,3)7-5-4-6-8(11)9(12)13;1-8(10)6-5-7-9(2,3)4;1-7(2,3)5-6-8-4;1-5(2,3)4/h11H,5-10H2,1-4H3,(H,15,18)(H,16,17);5-9H2,1-4H3;8H,4-7,11H2,1-3H3,(H,12,13);5-7H2,1-4H3;5-6H2,1-4H3;1-4H3/t11-;;8-;;;/m0.0.../s1. The second-order valence-corrected chi connectivity index (χ2v) is 26.6. The van der Waals surface area contributed by atoms with Crippen molar-refractivity contribution in [3.05, 3.63) is 0 Å². The lowest BCUT2D eigenvalue weighted by Gasteiger charge is -2.34. The van der Waals surface area contributed by atoms with Crippen LogP contribution in [-0.2, 0) is 33.4 Å². The van der Waals surface area contributed by atoms with Crippen LogP contribution in [0.3, 0.4) is 0 Å². The summed E-state index contributed by atoms with van der Waals surface area (Å²) in [7, 11) is 5.34. The SMILES string of the molecule is CC(=O)CCCC(C)(C)C.CC(C)(C)C.CC(C)(C)CCCC[C@H](N)C(=O)O.CN1CCN(C(=O)CC(C)(C)C)CC1.COCCC(C)(C)C.COCCOC(=O)N[C@@H](CCCCC(C)(C)C)C(=O)O. The third-order valence-electron chi connectivity index (χ3n) is 9.84. The number of aliphatic carboxylic acids is 2. The van der Waals surface area contributed by atoms with Crippen LogP contribution in [0.5, 0.6) is 0 Å². The number of nitrogens with zero attached hydrogens (tertiary/aromatic N) is 2. The number of piperazine rings is 1. The zero-order valence-corrected chi connectivity index (χ0v) is 49.9. The summed E-state index contributed by atoms with van der Waals surface area (Å²) < 4.78 is 14.4. The highest BCUT2D eigenvalue weighted by atomic mass is 16.6. The summed E-state index contributed by atoms with van der Waals surface area (Å²) in [6.07, 6.45) is 10.8. The molecule has 2 atom stereocenters. The van der Waals surface area contributed by atoms with Gasteiger partial charge in [0, 0.05) is 59.8 Å². The minimum atomic E-state index is -1.04. The second kappa shape index (κ2) is 39.7. The normalized spacial score (nSPS) is 14.1. The van der Waals surface area contributed by atoms with Crippen molar-refractivity contribution in [2.75, 3.05) is 67.3 Å². The zero-order valence-electron chi connectivity index (χ0n) is 49.9. The molecule has 0 unspecified atom stereocenters. The van der Waals surface area contributed by atoms with Gasteiger partial charge in [-0.1, -0.05) is 157 Å². The first kappa shape index (κ1) is 76.1. The molecular formula is C56H116N4O10. The van der Waals surface area contributed by atoms with E-state index in [0.29, 0.717) is 52.6 Å². The Kier molecular flexibility index (Phi) is 43.2. The summed E-state index contributed by atoms with van der Waals surface area (Å²) in [6.45, 7) is 48.1. The zero-order chi connectivity index (χ0) is 56.2. The molecule has 420 valence electrons. The summed E-state index contributed by atoms with van der Waals surface area (Å²) >= 11 is 0. The minimum Gasteiger partial charge on any atom is -0.480 e. The molecule has 0 saturated carbocycles. The Balaban J connectivity index is -0.000000252. The predicted octanol–water partition coefficient (Wildman–Crippen LogP) is 12.5. The molecule has 14 heteroatoms. The predicted molar refractivity (Wildman–Crippen MR) is 292 cm³/mol. The summed E-state index contributed by atoms with van der Waals surface area (Å²) in [5.74, 6) is -1.31. The lowest BCUT2D eigenvalue weighted by molar-refractivity contribution is -0.140. The van der Waals surface area contributed by atoms with Gasteiger partial charge in [0.25, 0.3) is 0 Å². The van der Waals surface area contributed by atoms with Crippen molar-refractivity contribution in [1.82, 2.24) is 15.1 Å². The molecule has 5 N–H and O–H groups in total. The smallest absolute Gasteiger partial charge is 0.407 e. The van der Waals surface area contributed by atoms with E-state index in [1.165, 1.54) is 7.11 Å². The number of ketones is 1. The van der Waals surface area contributed by atoms with Crippen LogP contribution in [0.15, 0.2) is 0 Å². The number of hydrogen-bond acceptors (Lipinski definition) is 10. The molecule has 1 rings (SSSR count). The van der Waals surface area contributed by atoms with E-state index in [0.717, 1.165) is 97.0 Å². The highest BCUT2D eigenvalue weighted by Gasteiger charge is 2.24. The number of Topliss-reactive ketones (excluding diaryl/α,β-unsaturated/α-hetero) is 1. The monoisotopic (exact) mass is 1000 g/mol. The maximum Gasteiger partial charge on any atom is 0.407 e. The van der Waals surface area contributed by atoms with E-state index in [1.807, 2.05) is 4.90 Å². The Hall–Kier alpha value is -2.81. The van der Waals surface area contributed by atoms with Crippen LogP contribution >= 0.6 is 0 Å². The summed E-state index contributed by atoms with van der Waals surface area (Å²) in [5.41, 5.74) is 7.37. The largest absolute Gasteiger partial charge is 0.480 e. The Bertz CT molecular complexity index is 1330. The van der Waals surface area contributed by atoms with Gasteiger partial charge in [0.05, 0.1) is 6.61 Å². The Morgan fingerprint density at radius 3 is 1.29 bits per heavy atom. The fourth-order valence-electron chi connectivity index (χ4n) is 5.70. The molecule has 0 spiro atoms. The quantitative estimate of drug-likeness (QED) is 0.0843. The molecule has 0 aromatic carbocycles. The van der Waals surface area contributed by atoms with Gasteiger partial charge in [-0.15, -0.1) is 0 Å². The second-order valence-electron chi connectivity index (χ2n) is 26.6. The minimum absolute atomic E-state index is 0.110. The van der Waals surface area contributed by atoms with Crippen LogP contribution in [0.1, 0.15) is 222 Å². The van der Waals surface area contributed by atoms with Crippen LogP contribution in [0, 0.1) is 32.5 Å². The van der Waals surface area contributed by atoms with E-state index < -0.39 is 30.1 Å². The van der Waals surface area contributed by atoms with Gasteiger partial charge in [0.15, 0.2) is 0 Å². The van der Waals surface area contributed by atoms with E-state index in [9.17, 15) is 24.0 Å². The van der Waals surface area contributed by atoms with Gasteiger partial charge >= 0.3 is 18.0 Å². The first-order valence-corrected chi connectivity index (χ1v) is 26.0. The van der Waals surface area contributed by atoms with Crippen molar-refractivity contribution in [3.63, 3.8) is 0 Å². The molecule has 0 radical (unpaired) electrons. The number of carbonyl (C=O) groups is 5. The molecule has 1 aliphatic heterocycles. The van der Waals surface area contributed by atoms with Gasteiger partial charge < -0.3 is 50.1 Å². The van der Waals surface area contributed by atoms with E-state index in [2.05, 4.69) is 149 Å². The first-order chi connectivity index (χ1) is 31.4. The molecule has 70 heavy (non-hydrogen) atoms. The van der Waals surface area contributed by atoms with Crippen LogP contribution < -0.4 is 11.1 Å². The van der Waals surface area contributed by atoms with Crippen LogP contribution in [-0.4, -0.2) is 129 Å². The number of alkyl carbamates (subject to hydrolysis) is 1. The molecule has 0 aromatic rings. The van der Waals surface area contributed by atoms with Gasteiger partial charge in [-0.3, -0.25) is 9.59 Å². The third-order valence-corrected chi connectivity index (χ3v) is 9.84. The molecular weight excluding hydrogens is 889 g/mol. The number of carboxylic acid groups (broad SMARTS) is 2. The fourth-order valence-corrected chi connectivity index (χ4v) is 5.70. The number of rotatable bonds is 20. The van der Waals surface area contributed by atoms with Gasteiger partial charge in [-0.2, -0.15) is 0 Å². The molecule has 1 saturated heterocycles. The van der Waals surface area contributed by atoms with Gasteiger partial charge in [0.1, 0.15) is 24.5 Å². The van der Waals surface area contributed by atoms with E-state index >= 15 is 0 Å². The lowest BCUT2D eigenvalue weighted by Crippen LogP contribution is -2.47. The summed E-state index contributed by atoms with van der Waals surface area (Å²) in [4.78, 5) is 59.4. The number of likely N-dealkylation sites (N-methyl/N-ethyl adjacent to an activating group) is 1. The molecule has 0 bridgehead atoms. The van der Waals surface area contributed by atoms with Crippen LogP contribution in [0.4, 0.5) is 4.79 Å².